The molecule has 0 aliphatic heterocycles. The zero-order valence-corrected chi connectivity index (χ0v) is 8.37. The van der Waals surface area contributed by atoms with Crippen molar-refractivity contribution in [2.45, 2.75) is 6.92 Å². The normalized spacial score (nSPS) is 10.3. The van der Waals surface area contributed by atoms with Gasteiger partial charge < -0.3 is 5.11 Å². The quantitative estimate of drug-likeness (QED) is 0.750. The third-order valence-electron chi connectivity index (χ3n) is 2.32. The molecule has 0 fully saturated rings. The van der Waals surface area contributed by atoms with Crippen LogP contribution in [-0.4, -0.2) is 5.11 Å². The fourth-order valence-electron chi connectivity index (χ4n) is 1.47. The van der Waals surface area contributed by atoms with Crippen LogP contribution in [0.3, 0.4) is 0 Å². The summed E-state index contributed by atoms with van der Waals surface area (Å²) in [6.07, 6.45) is 0. The van der Waals surface area contributed by atoms with Crippen molar-refractivity contribution in [2.24, 2.45) is 0 Å². The lowest BCUT2D eigenvalue weighted by molar-refractivity contribution is 0.475. The van der Waals surface area contributed by atoms with Crippen molar-refractivity contribution in [3.8, 4) is 16.9 Å². The van der Waals surface area contributed by atoms with E-state index in [9.17, 15) is 9.50 Å². The Morgan fingerprint density at radius 3 is 2.33 bits per heavy atom. The molecule has 0 aliphatic rings. The minimum atomic E-state index is -0.344. The lowest BCUT2D eigenvalue weighted by atomic mass is 10.0. The van der Waals surface area contributed by atoms with Crippen molar-refractivity contribution >= 4 is 0 Å². The molecule has 0 bridgehead atoms. The first-order valence-electron chi connectivity index (χ1n) is 4.72. The molecule has 15 heavy (non-hydrogen) atoms. The minimum Gasteiger partial charge on any atom is -0.507 e. The summed E-state index contributed by atoms with van der Waals surface area (Å²) in [7, 11) is 0. The van der Waals surface area contributed by atoms with E-state index in [2.05, 4.69) is 0 Å². The molecule has 1 N–H and O–H groups in total. The van der Waals surface area contributed by atoms with Gasteiger partial charge >= 0.3 is 0 Å². The van der Waals surface area contributed by atoms with Crippen molar-refractivity contribution in [1.29, 1.82) is 0 Å². The number of rotatable bonds is 1. The van der Waals surface area contributed by atoms with Gasteiger partial charge in [0.1, 0.15) is 11.6 Å². The molecule has 0 saturated heterocycles. The molecular formula is C13H11FO. The zero-order valence-electron chi connectivity index (χ0n) is 8.37. The number of hydrogen-bond acceptors (Lipinski definition) is 1. The Balaban J connectivity index is 2.53. The molecule has 0 unspecified atom stereocenters. The predicted octanol–water partition coefficient (Wildman–Crippen LogP) is 3.51. The maximum atomic E-state index is 13.0. The molecule has 0 amide bonds. The van der Waals surface area contributed by atoms with Crippen LogP contribution in [0.2, 0.25) is 0 Å². The van der Waals surface area contributed by atoms with Crippen LogP contribution in [0.1, 0.15) is 5.56 Å². The molecule has 0 radical (unpaired) electrons. The largest absolute Gasteiger partial charge is 0.507 e. The molecule has 76 valence electrons. The van der Waals surface area contributed by atoms with E-state index in [1.807, 2.05) is 31.2 Å². The summed E-state index contributed by atoms with van der Waals surface area (Å²) in [5.41, 5.74) is 2.47. The Hall–Kier alpha value is -1.83. The summed E-state index contributed by atoms with van der Waals surface area (Å²) >= 11 is 0. The molecule has 2 aromatic carbocycles. The number of phenolic OH excluding ortho intramolecular Hbond substituents is 1. The SMILES string of the molecule is Cc1ccc(-c2cc(F)ccc2O)cc1. The topological polar surface area (TPSA) is 20.2 Å². The Labute approximate surface area is 87.8 Å². The maximum Gasteiger partial charge on any atom is 0.124 e. The van der Waals surface area contributed by atoms with Gasteiger partial charge in [-0.2, -0.15) is 0 Å². The van der Waals surface area contributed by atoms with Crippen LogP contribution in [0.5, 0.6) is 5.75 Å². The van der Waals surface area contributed by atoms with Gasteiger partial charge in [0, 0.05) is 5.56 Å². The van der Waals surface area contributed by atoms with Gasteiger partial charge in [0.25, 0.3) is 0 Å². The molecule has 2 aromatic rings. The molecule has 0 aromatic heterocycles. The Morgan fingerprint density at radius 2 is 1.67 bits per heavy atom. The number of aryl methyl sites for hydroxylation is 1. The van der Waals surface area contributed by atoms with Crippen LogP contribution in [-0.2, 0) is 0 Å². The minimum absolute atomic E-state index is 0.0975. The summed E-state index contributed by atoms with van der Waals surface area (Å²) < 4.78 is 13.0. The fourth-order valence-corrected chi connectivity index (χ4v) is 1.47. The van der Waals surface area contributed by atoms with E-state index in [4.69, 9.17) is 0 Å². The standard InChI is InChI=1S/C13H11FO/c1-9-2-4-10(5-3-9)12-8-11(14)6-7-13(12)15/h2-8,15H,1H3. The predicted molar refractivity (Wildman–Crippen MR) is 58.2 cm³/mol. The van der Waals surface area contributed by atoms with E-state index in [0.717, 1.165) is 11.1 Å². The van der Waals surface area contributed by atoms with Crippen LogP contribution in [0.25, 0.3) is 11.1 Å². The maximum absolute atomic E-state index is 13.0. The zero-order chi connectivity index (χ0) is 10.8. The molecule has 0 saturated carbocycles. The molecule has 2 heteroatoms. The number of benzene rings is 2. The molecule has 2 rings (SSSR count). The highest BCUT2D eigenvalue weighted by molar-refractivity contribution is 5.70. The van der Waals surface area contributed by atoms with Gasteiger partial charge in [-0.3, -0.25) is 0 Å². The molecule has 0 atom stereocenters. The van der Waals surface area contributed by atoms with E-state index in [1.165, 1.54) is 18.2 Å². The van der Waals surface area contributed by atoms with Gasteiger partial charge in [-0.15, -0.1) is 0 Å². The molecule has 1 nitrogen and oxygen atoms in total. The van der Waals surface area contributed by atoms with Gasteiger partial charge in [-0.05, 0) is 30.7 Å². The van der Waals surface area contributed by atoms with Crippen LogP contribution < -0.4 is 0 Å². The number of phenols is 1. The third-order valence-corrected chi connectivity index (χ3v) is 2.32. The van der Waals surface area contributed by atoms with E-state index in [0.29, 0.717) is 5.56 Å². The molecular weight excluding hydrogens is 191 g/mol. The summed E-state index contributed by atoms with van der Waals surface area (Å²) in [5, 5.41) is 9.59. The van der Waals surface area contributed by atoms with Gasteiger partial charge in [0.05, 0.1) is 0 Å². The number of aromatic hydroxyl groups is 1. The van der Waals surface area contributed by atoms with E-state index in [-0.39, 0.29) is 11.6 Å². The number of hydrogen-bond donors (Lipinski definition) is 1. The van der Waals surface area contributed by atoms with E-state index in [1.54, 1.807) is 0 Å². The van der Waals surface area contributed by atoms with Crippen molar-refractivity contribution < 1.29 is 9.50 Å². The van der Waals surface area contributed by atoms with Crippen LogP contribution in [0, 0.1) is 12.7 Å². The number of halogens is 1. The van der Waals surface area contributed by atoms with Crippen molar-refractivity contribution in [3.05, 3.63) is 53.8 Å². The van der Waals surface area contributed by atoms with Crippen LogP contribution >= 0.6 is 0 Å². The van der Waals surface area contributed by atoms with Gasteiger partial charge in [0.2, 0.25) is 0 Å². The average molecular weight is 202 g/mol. The Morgan fingerprint density at radius 1 is 1.00 bits per heavy atom. The summed E-state index contributed by atoms with van der Waals surface area (Å²) in [6, 6.07) is 11.5. The molecule has 0 spiro atoms. The Bertz CT molecular complexity index is 474. The second kappa shape index (κ2) is 3.73. The highest BCUT2D eigenvalue weighted by Crippen LogP contribution is 2.29. The third kappa shape index (κ3) is 1.99. The van der Waals surface area contributed by atoms with Crippen molar-refractivity contribution in [3.63, 3.8) is 0 Å². The van der Waals surface area contributed by atoms with Gasteiger partial charge in [-0.25, -0.2) is 4.39 Å². The van der Waals surface area contributed by atoms with Crippen LogP contribution in [0.4, 0.5) is 4.39 Å². The molecule has 0 aliphatic carbocycles. The second-order valence-corrected chi connectivity index (χ2v) is 3.53. The first-order chi connectivity index (χ1) is 7.16. The average Bonchev–Trinajstić information content (AvgIpc) is 2.23. The van der Waals surface area contributed by atoms with E-state index >= 15 is 0 Å². The Kier molecular flexibility index (Phi) is 2.42. The summed E-state index contributed by atoms with van der Waals surface area (Å²) in [4.78, 5) is 0. The monoisotopic (exact) mass is 202 g/mol. The highest BCUT2D eigenvalue weighted by atomic mass is 19.1. The second-order valence-electron chi connectivity index (χ2n) is 3.53. The lowest BCUT2D eigenvalue weighted by Gasteiger charge is -2.05. The first-order valence-corrected chi connectivity index (χ1v) is 4.72. The van der Waals surface area contributed by atoms with E-state index < -0.39 is 0 Å². The highest BCUT2D eigenvalue weighted by Gasteiger charge is 2.04. The first kappa shape index (κ1) is 9.71. The van der Waals surface area contributed by atoms with Gasteiger partial charge in [-0.1, -0.05) is 29.8 Å². The smallest absolute Gasteiger partial charge is 0.124 e. The summed E-state index contributed by atoms with van der Waals surface area (Å²) in [5.74, 6) is -0.247. The fraction of sp³-hybridized carbons (Fsp3) is 0.0769. The molecule has 0 heterocycles. The summed E-state index contributed by atoms with van der Waals surface area (Å²) in [6.45, 7) is 1.98. The lowest BCUT2D eigenvalue weighted by Crippen LogP contribution is -1.82. The van der Waals surface area contributed by atoms with Gasteiger partial charge in [0.15, 0.2) is 0 Å². The van der Waals surface area contributed by atoms with Crippen molar-refractivity contribution in [1.82, 2.24) is 0 Å². The van der Waals surface area contributed by atoms with Crippen LogP contribution in [0.15, 0.2) is 42.5 Å². The van der Waals surface area contributed by atoms with Crippen molar-refractivity contribution in [2.75, 3.05) is 0 Å².